The number of aliphatic carboxylic acids is 1. The summed E-state index contributed by atoms with van der Waals surface area (Å²) in [5, 5.41) is 7.88. The van der Waals surface area contributed by atoms with E-state index >= 15 is 4.39 Å². The minimum absolute atomic E-state index is 0. The van der Waals surface area contributed by atoms with E-state index in [-0.39, 0.29) is 33.1 Å². The molecule has 41 heavy (non-hydrogen) atoms. The number of carbonyl (C=O) groups is 1. The minimum atomic E-state index is -4.75. The van der Waals surface area contributed by atoms with Crippen molar-refractivity contribution in [2.75, 3.05) is 6.61 Å². The number of hydrogen-bond acceptors (Lipinski definition) is 6. The predicted octanol–water partition coefficient (Wildman–Crippen LogP) is 4.63. The van der Waals surface area contributed by atoms with Gasteiger partial charge in [-0.05, 0) is 68.0 Å². The van der Waals surface area contributed by atoms with Crippen LogP contribution in [-0.2, 0) is 35.6 Å². The number of halogens is 5. The highest BCUT2D eigenvalue weighted by Crippen LogP contribution is 2.59. The molecule has 1 saturated carbocycles. The molecule has 0 unspecified atom stereocenters. The Morgan fingerprint density at radius 3 is 2.34 bits per heavy atom. The van der Waals surface area contributed by atoms with Crippen LogP contribution in [0.2, 0.25) is 0 Å². The van der Waals surface area contributed by atoms with E-state index in [2.05, 4.69) is 4.72 Å². The van der Waals surface area contributed by atoms with Gasteiger partial charge in [0.2, 0.25) is 10.0 Å². The molecule has 2 aromatic rings. The summed E-state index contributed by atoms with van der Waals surface area (Å²) in [6.07, 6.45) is -6.13. The Bertz CT molecular complexity index is 1560. The molecular weight excluding hydrogens is 597 g/mol. The van der Waals surface area contributed by atoms with Gasteiger partial charge in [-0.15, -0.1) is 0 Å². The third-order valence-electron chi connectivity index (χ3n) is 8.29. The van der Waals surface area contributed by atoms with Crippen molar-refractivity contribution in [2.45, 2.75) is 66.6 Å². The fourth-order valence-corrected chi connectivity index (χ4v) is 10.7. The Kier molecular flexibility index (Phi) is 7.97. The SMILES string of the molecule is C.O=C(O)CC[C@@H]1C[C@@H]2[C@@H](CC[C@@]3(S(=O)(=O)c4ccc(C(F)(F)F)cc4)c4c(F)ccc(F)c4OC[C@@H]23)NS1(=O)=O. The van der Waals surface area contributed by atoms with Crippen molar-refractivity contribution < 1.29 is 53.4 Å². The van der Waals surface area contributed by atoms with E-state index in [0.717, 1.165) is 24.3 Å². The molecule has 0 radical (unpaired) electrons. The summed E-state index contributed by atoms with van der Waals surface area (Å²) < 4.78 is 130. The second-order valence-corrected chi connectivity index (χ2v) is 14.5. The van der Waals surface area contributed by atoms with Crippen molar-refractivity contribution in [3.05, 3.63) is 59.2 Å². The van der Waals surface area contributed by atoms with E-state index in [1.165, 1.54) is 0 Å². The summed E-state index contributed by atoms with van der Waals surface area (Å²) in [7, 11) is -8.72. The summed E-state index contributed by atoms with van der Waals surface area (Å²) >= 11 is 0. The smallest absolute Gasteiger partial charge is 0.416 e. The lowest BCUT2D eigenvalue weighted by atomic mass is 9.64. The van der Waals surface area contributed by atoms with Gasteiger partial charge in [0.1, 0.15) is 10.6 Å². The molecule has 0 spiro atoms. The zero-order valence-electron chi connectivity index (χ0n) is 20.6. The molecule has 1 aliphatic carbocycles. The van der Waals surface area contributed by atoms with E-state index in [1.807, 2.05) is 0 Å². The number of carboxylic acids is 1. The van der Waals surface area contributed by atoms with Crippen LogP contribution >= 0.6 is 0 Å². The number of benzene rings is 2. The summed E-state index contributed by atoms with van der Waals surface area (Å²) in [4.78, 5) is 10.6. The number of nitrogens with one attached hydrogen (secondary N) is 1. The molecule has 2 N–H and O–H groups in total. The topological polar surface area (TPSA) is 127 Å². The maximum Gasteiger partial charge on any atom is 0.416 e. The molecular formula is C26H28F5NO7S2. The van der Waals surface area contributed by atoms with Gasteiger partial charge in [-0.3, -0.25) is 4.79 Å². The number of carboxylic acid groups (broad SMARTS) is 1. The lowest BCUT2D eigenvalue weighted by Gasteiger charge is -2.54. The van der Waals surface area contributed by atoms with Crippen molar-refractivity contribution >= 4 is 25.8 Å². The van der Waals surface area contributed by atoms with Gasteiger partial charge < -0.3 is 9.84 Å². The Balaban J connectivity index is 0.00000387. The van der Waals surface area contributed by atoms with Crippen LogP contribution in [0, 0.1) is 23.5 Å². The van der Waals surface area contributed by atoms with E-state index in [1.54, 1.807) is 0 Å². The first kappa shape index (κ1) is 31.2. The van der Waals surface area contributed by atoms with Crippen LogP contribution in [0.15, 0.2) is 41.3 Å². The highest BCUT2D eigenvalue weighted by Gasteiger charge is 2.64. The van der Waals surface area contributed by atoms with Crippen molar-refractivity contribution in [1.29, 1.82) is 0 Å². The van der Waals surface area contributed by atoms with Gasteiger partial charge in [0.15, 0.2) is 21.4 Å². The fraction of sp³-hybridized carbons (Fsp3) is 0.500. The van der Waals surface area contributed by atoms with Gasteiger partial charge >= 0.3 is 12.1 Å². The van der Waals surface area contributed by atoms with Gasteiger partial charge in [0.25, 0.3) is 0 Å². The van der Waals surface area contributed by atoms with Crippen LogP contribution in [0.1, 0.15) is 50.7 Å². The normalized spacial score (nSPS) is 28.7. The lowest BCUT2D eigenvalue weighted by molar-refractivity contribution is -0.138. The molecule has 3 aliphatic rings. The fourth-order valence-electron chi connectivity index (χ4n) is 6.48. The molecule has 2 aromatic carbocycles. The standard InChI is InChI=1S/C25H24F5NO7S2.CH4/c26-18-6-7-19(27)23-22(18)24(39(34,35)14-3-1-13(2-4-14)25(28,29)30)10-9-20-16(17(24)12-38-23)11-15(5-8-21(32)33)40(36,37)31-20;/h1-4,6-7,15-17,20,31H,5,8-12H2,(H,32,33);1H4/t15-,16+,17+,20-,24+;/m1./s1. The molecule has 2 aliphatic heterocycles. The molecule has 226 valence electrons. The number of alkyl halides is 3. The molecule has 0 bridgehead atoms. The first-order valence-corrected chi connectivity index (χ1v) is 15.4. The average molecular weight is 626 g/mol. The van der Waals surface area contributed by atoms with Crippen LogP contribution in [0.25, 0.3) is 0 Å². The highest BCUT2D eigenvalue weighted by atomic mass is 32.2. The zero-order chi connectivity index (χ0) is 29.3. The van der Waals surface area contributed by atoms with Gasteiger partial charge in [0.05, 0.1) is 27.9 Å². The van der Waals surface area contributed by atoms with Gasteiger partial charge in [-0.25, -0.2) is 30.3 Å². The quantitative estimate of drug-likeness (QED) is 0.464. The number of sulfonamides is 1. The third-order valence-corrected chi connectivity index (χ3v) is 12.8. The van der Waals surface area contributed by atoms with Crippen LogP contribution in [0.5, 0.6) is 5.75 Å². The van der Waals surface area contributed by atoms with Crippen LogP contribution in [-0.4, -0.2) is 45.8 Å². The van der Waals surface area contributed by atoms with E-state index in [4.69, 9.17) is 9.84 Å². The summed E-state index contributed by atoms with van der Waals surface area (Å²) in [6.45, 7) is -0.443. The predicted molar refractivity (Wildman–Crippen MR) is 136 cm³/mol. The summed E-state index contributed by atoms with van der Waals surface area (Å²) in [5.74, 6) is -5.90. The maximum absolute atomic E-state index is 15.5. The van der Waals surface area contributed by atoms with E-state index < -0.39 is 106 Å². The second kappa shape index (κ2) is 10.5. The minimum Gasteiger partial charge on any atom is -0.490 e. The Morgan fingerprint density at radius 1 is 1.10 bits per heavy atom. The maximum atomic E-state index is 15.5. The molecule has 2 heterocycles. The van der Waals surface area contributed by atoms with Gasteiger partial charge in [0, 0.05) is 18.4 Å². The van der Waals surface area contributed by atoms with Crippen LogP contribution in [0.3, 0.4) is 0 Å². The van der Waals surface area contributed by atoms with Crippen molar-refractivity contribution in [3.63, 3.8) is 0 Å². The summed E-state index contributed by atoms with van der Waals surface area (Å²) in [6, 6.07) is 3.42. The number of fused-ring (bicyclic) bond motifs is 5. The molecule has 5 atom stereocenters. The molecule has 1 saturated heterocycles. The van der Waals surface area contributed by atoms with Gasteiger partial charge in [-0.1, -0.05) is 7.43 Å². The van der Waals surface area contributed by atoms with Gasteiger partial charge in [-0.2, -0.15) is 13.2 Å². The third kappa shape index (κ3) is 4.99. The largest absolute Gasteiger partial charge is 0.490 e. The van der Waals surface area contributed by atoms with Crippen LogP contribution in [0.4, 0.5) is 22.0 Å². The summed E-state index contributed by atoms with van der Waals surface area (Å²) in [5.41, 5.74) is -1.69. The monoisotopic (exact) mass is 625 g/mol. The molecule has 2 fully saturated rings. The molecule has 0 amide bonds. The Labute approximate surface area is 233 Å². The first-order chi connectivity index (χ1) is 18.6. The molecule has 0 aromatic heterocycles. The lowest BCUT2D eigenvalue weighted by Crippen LogP contribution is -2.63. The van der Waals surface area contributed by atoms with E-state index in [9.17, 15) is 39.2 Å². The highest BCUT2D eigenvalue weighted by molar-refractivity contribution is 7.92. The first-order valence-electron chi connectivity index (χ1n) is 12.4. The Hall–Kier alpha value is -2.78. The molecule has 15 heteroatoms. The van der Waals surface area contributed by atoms with Crippen molar-refractivity contribution in [1.82, 2.24) is 4.72 Å². The number of ether oxygens (including phenoxy) is 1. The van der Waals surface area contributed by atoms with E-state index in [0.29, 0.717) is 12.1 Å². The number of hydrogen-bond donors (Lipinski definition) is 2. The number of rotatable bonds is 5. The Morgan fingerprint density at radius 2 is 1.73 bits per heavy atom. The second-order valence-electron chi connectivity index (χ2n) is 10.3. The van der Waals surface area contributed by atoms with Crippen molar-refractivity contribution in [3.8, 4) is 5.75 Å². The average Bonchev–Trinajstić information content (AvgIpc) is 2.87. The molecule has 8 nitrogen and oxygen atoms in total. The number of sulfone groups is 1. The zero-order valence-corrected chi connectivity index (χ0v) is 22.3. The van der Waals surface area contributed by atoms with Crippen molar-refractivity contribution in [2.24, 2.45) is 11.8 Å². The van der Waals surface area contributed by atoms with Crippen LogP contribution < -0.4 is 9.46 Å². The molecule has 5 rings (SSSR count).